The SMILES string of the molecule is N#Cc1c(NC(=O)CSc2nc(=O)cc(N)n2-c2ccc(Cl)cc2)sc2c1CCC2. The molecule has 2 aromatic heterocycles. The van der Waals surface area contributed by atoms with Gasteiger partial charge in [0.1, 0.15) is 16.9 Å². The van der Waals surface area contributed by atoms with Crippen LogP contribution in [0.3, 0.4) is 0 Å². The van der Waals surface area contributed by atoms with Gasteiger partial charge in [-0.25, -0.2) is 0 Å². The number of carbonyl (C=O) groups is 1. The fourth-order valence-electron chi connectivity index (χ4n) is 3.33. The molecule has 1 aliphatic carbocycles. The van der Waals surface area contributed by atoms with Gasteiger partial charge in [-0.05, 0) is 49.1 Å². The standard InChI is InChI=1S/C20H16ClN5O2S2/c21-11-4-6-12(7-5-11)26-16(23)8-17(27)25-20(26)29-10-18(28)24-19-14(9-22)13-2-1-3-15(13)30-19/h4-8H,1-3,10,23H2,(H,24,28). The predicted molar refractivity (Wildman–Crippen MR) is 120 cm³/mol. The van der Waals surface area contributed by atoms with Crippen LogP contribution in [0.15, 0.2) is 40.3 Å². The zero-order valence-corrected chi connectivity index (χ0v) is 18.0. The lowest BCUT2D eigenvalue weighted by Crippen LogP contribution is -2.19. The Morgan fingerprint density at radius 1 is 1.37 bits per heavy atom. The molecular weight excluding hydrogens is 442 g/mol. The number of benzene rings is 1. The molecule has 3 aromatic rings. The fraction of sp³-hybridized carbons (Fsp3) is 0.200. The minimum absolute atomic E-state index is 0.0108. The third-order valence-electron chi connectivity index (χ3n) is 4.63. The average molecular weight is 458 g/mol. The first-order valence-electron chi connectivity index (χ1n) is 9.09. The molecule has 1 amide bonds. The molecule has 152 valence electrons. The van der Waals surface area contributed by atoms with E-state index in [1.807, 2.05) is 0 Å². The van der Waals surface area contributed by atoms with Crippen molar-refractivity contribution in [2.45, 2.75) is 24.4 Å². The van der Waals surface area contributed by atoms with E-state index >= 15 is 0 Å². The second-order valence-corrected chi connectivity index (χ2v) is 9.11. The highest BCUT2D eigenvalue weighted by molar-refractivity contribution is 7.99. The molecule has 0 unspecified atom stereocenters. The molecule has 4 rings (SSSR count). The minimum atomic E-state index is -0.484. The molecule has 3 N–H and O–H groups in total. The zero-order chi connectivity index (χ0) is 21.3. The quantitative estimate of drug-likeness (QED) is 0.446. The van der Waals surface area contributed by atoms with Gasteiger partial charge >= 0.3 is 0 Å². The molecule has 0 bridgehead atoms. The highest BCUT2D eigenvalue weighted by Gasteiger charge is 2.23. The third kappa shape index (κ3) is 4.07. The number of thioether (sulfide) groups is 1. The molecule has 10 heteroatoms. The molecule has 2 heterocycles. The number of nitrogens with two attached hydrogens (primary N) is 1. The summed E-state index contributed by atoms with van der Waals surface area (Å²) in [4.78, 5) is 29.6. The number of anilines is 2. The highest BCUT2D eigenvalue weighted by Crippen LogP contribution is 2.38. The minimum Gasteiger partial charge on any atom is -0.385 e. The van der Waals surface area contributed by atoms with Crippen molar-refractivity contribution in [2.24, 2.45) is 0 Å². The van der Waals surface area contributed by atoms with Crippen LogP contribution in [0.4, 0.5) is 10.8 Å². The van der Waals surface area contributed by atoms with Gasteiger partial charge in [-0.15, -0.1) is 11.3 Å². The van der Waals surface area contributed by atoms with Crippen molar-refractivity contribution < 1.29 is 4.79 Å². The van der Waals surface area contributed by atoms with Gasteiger partial charge in [-0.1, -0.05) is 23.4 Å². The maximum absolute atomic E-state index is 12.5. The number of aryl methyl sites for hydroxylation is 1. The maximum atomic E-state index is 12.5. The molecule has 1 aromatic carbocycles. The normalized spacial score (nSPS) is 12.4. The largest absolute Gasteiger partial charge is 0.385 e. The van der Waals surface area contributed by atoms with Crippen LogP contribution >= 0.6 is 34.7 Å². The number of hydrogen-bond acceptors (Lipinski definition) is 7. The number of thiophene rings is 1. The van der Waals surface area contributed by atoms with Crippen LogP contribution in [-0.2, 0) is 17.6 Å². The van der Waals surface area contributed by atoms with Crippen LogP contribution in [-0.4, -0.2) is 21.2 Å². The second kappa shape index (κ2) is 8.52. The van der Waals surface area contributed by atoms with Gasteiger partial charge in [0.25, 0.3) is 5.56 Å². The van der Waals surface area contributed by atoms with E-state index in [1.54, 1.807) is 28.8 Å². The Morgan fingerprint density at radius 3 is 2.87 bits per heavy atom. The summed E-state index contributed by atoms with van der Waals surface area (Å²) in [5, 5.41) is 13.7. The lowest BCUT2D eigenvalue weighted by atomic mass is 10.1. The number of amides is 1. The Hall–Kier alpha value is -2.80. The first-order chi connectivity index (χ1) is 14.5. The molecule has 0 saturated heterocycles. The molecule has 0 fully saturated rings. The van der Waals surface area contributed by atoms with Gasteiger partial charge in [0, 0.05) is 21.7 Å². The smallest absolute Gasteiger partial charge is 0.275 e. The summed E-state index contributed by atoms with van der Waals surface area (Å²) in [6.07, 6.45) is 2.86. The average Bonchev–Trinajstić information content (AvgIpc) is 3.27. The maximum Gasteiger partial charge on any atom is 0.275 e. The summed E-state index contributed by atoms with van der Waals surface area (Å²) in [6.45, 7) is 0. The first-order valence-corrected chi connectivity index (χ1v) is 11.3. The number of halogens is 1. The number of carbonyl (C=O) groups excluding carboxylic acids is 1. The first kappa shape index (κ1) is 20.5. The van der Waals surface area contributed by atoms with Gasteiger partial charge in [-0.3, -0.25) is 14.2 Å². The van der Waals surface area contributed by atoms with Gasteiger partial charge in [0.15, 0.2) is 5.16 Å². The van der Waals surface area contributed by atoms with Crippen molar-refractivity contribution in [1.82, 2.24) is 9.55 Å². The lowest BCUT2D eigenvalue weighted by Gasteiger charge is -2.14. The van der Waals surface area contributed by atoms with E-state index in [-0.39, 0.29) is 17.5 Å². The summed E-state index contributed by atoms with van der Waals surface area (Å²) in [7, 11) is 0. The van der Waals surface area contributed by atoms with Gasteiger partial charge in [-0.2, -0.15) is 10.2 Å². The van der Waals surface area contributed by atoms with E-state index in [0.717, 1.165) is 36.6 Å². The molecule has 0 saturated carbocycles. The second-order valence-electron chi connectivity index (χ2n) is 6.62. The molecule has 0 aliphatic heterocycles. The summed E-state index contributed by atoms with van der Waals surface area (Å²) < 4.78 is 1.59. The van der Waals surface area contributed by atoms with E-state index in [9.17, 15) is 14.9 Å². The van der Waals surface area contributed by atoms with Crippen molar-refractivity contribution in [3.05, 3.63) is 61.7 Å². The molecule has 7 nitrogen and oxygen atoms in total. The fourth-order valence-corrected chi connectivity index (χ4v) is 5.54. The van der Waals surface area contributed by atoms with Crippen LogP contribution in [0, 0.1) is 11.3 Å². The van der Waals surface area contributed by atoms with Crippen molar-refractivity contribution in [3.8, 4) is 11.8 Å². The molecule has 30 heavy (non-hydrogen) atoms. The number of nitriles is 1. The topological polar surface area (TPSA) is 114 Å². The molecule has 0 atom stereocenters. The predicted octanol–water partition coefficient (Wildman–Crippen LogP) is 3.62. The number of nitrogens with zero attached hydrogens (tertiary/aromatic N) is 3. The van der Waals surface area contributed by atoms with Gasteiger partial charge in [0.2, 0.25) is 5.91 Å². The molecule has 0 spiro atoms. The van der Waals surface area contributed by atoms with Crippen LogP contribution < -0.4 is 16.6 Å². The Morgan fingerprint density at radius 2 is 2.13 bits per heavy atom. The monoisotopic (exact) mass is 457 g/mol. The Bertz CT molecular complexity index is 1230. The van der Waals surface area contributed by atoms with Crippen molar-refractivity contribution >= 4 is 51.4 Å². The Labute approximate surface area is 185 Å². The van der Waals surface area contributed by atoms with Gasteiger partial charge in [0.05, 0.1) is 11.3 Å². The number of hydrogen-bond donors (Lipinski definition) is 2. The van der Waals surface area contributed by atoms with Crippen LogP contribution in [0.25, 0.3) is 5.69 Å². The summed E-state index contributed by atoms with van der Waals surface area (Å²) in [6, 6.07) is 10.3. The molecular formula is C20H16ClN5O2S2. The Kier molecular flexibility index (Phi) is 5.81. The van der Waals surface area contributed by atoms with Crippen molar-refractivity contribution in [3.63, 3.8) is 0 Å². The van der Waals surface area contributed by atoms with E-state index in [1.165, 1.54) is 22.3 Å². The third-order valence-corrected chi connectivity index (χ3v) is 7.03. The van der Waals surface area contributed by atoms with Crippen LogP contribution in [0.5, 0.6) is 0 Å². The van der Waals surface area contributed by atoms with E-state index in [4.69, 9.17) is 17.3 Å². The van der Waals surface area contributed by atoms with Gasteiger partial charge < -0.3 is 11.1 Å². The summed E-state index contributed by atoms with van der Waals surface area (Å²) >= 11 is 8.51. The molecule has 1 aliphatic rings. The van der Waals surface area contributed by atoms with Crippen molar-refractivity contribution in [1.29, 1.82) is 5.26 Å². The highest BCUT2D eigenvalue weighted by atomic mass is 35.5. The number of aromatic nitrogens is 2. The number of nitrogen functional groups attached to an aromatic ring is 1. The van der Waals surface area contributed by atoms with Crippen LogP contribution in [0.2, 0.25) is 5.02 Å². The van der Waals surface area contributed by atoms with E-state index in [2.05, 4.69) is 16.4 Å². The lowest BCUT2D eigenvalue weighted by molar-refractivity contribution is -0.113. The molecule has 0 radical (unpaired) electrons. The number of fused-ring (bicyclic) bond motifs is 1. The van der Waals surface area contributed by atoms with Crippen LogP contribution in [0.1, 0.15) is 22.4 Å². The number of nitrogens with one attached hydrogen (secondary N) is 1. The Balaban J connectivity index is 1.54. The van der Waals surface area contributed by atoms with Crippen molar-refractivity contribution in [2.75, 3.05) is 16.8 Å². The zero-order valence-electron chi connectivity index (χ0n) is 15.6. The van der Waals surface area contributed by atoms with E-state index < -0.39 is 5.56 Å². The summed E-state index contributed by atoms with van der Waals surface area (Å²) in [5.74, 6) is -0.0610. The number of rotatable bonds is 5. The van der Waals surface area contributed by atoms with E-state index in [0.29, 0.717) is 26.4 Å². The summed E-state index contributed by atoms with van der Waals surface area (Å²) in [5.41, 5.74) is 7.85.